The first-order chi connectivity index (χ1) is 7.91. The lowest BCUT2D eigenvalue weighted by Crippen LogP contribution is -2.00. The molecule has 0 bridgehead atoms. The number of benzene rings is 1. The van der Waals surface area contributed by atoms with Crippen LogP contribution in [0.4, 0.5) is 0 Å². The second kappa shape index (κ2) is 4.33. The minimum absolute atomic E-state index is 0.614. The molecule has 0 unspecified atom stereocenters. The van der Waals surface area contributed by atoms with E-state index in [1.807, 2.05) is 0 Å². The quantitative estimate of drug-likeness (QED) is 0.645. The van der Waals surface area contributed by atoms with Gasteiger partial charge in [-0.2, -0.15) is 0 Å². The van der Waals surface area contributed by atoms with E-state index in [-0.39, 0.29) is 0 Å². The van der Waals surface area contributed by atoms with Gasteiger partial charge in [0.1, 0.15) is 0 Å². The Morgan fingerprint density at radius 2 is 1.59 bits per heavy atom. The van der Waals surface area contributed by atoms with Gasteiger partial charge in [-0.05, 0) is 59.9 Å². The highest BCUT2D eigenvalue weighted by atomic mass is 14.3. The molecule has 1 aromatic carbocycles. The van der Waals surface area contributed by atoms with Gasteiger partial charge in [0, 0.05) is 0 Å². The minimum atomic E-state index is 0.614. The second-order valence-corrected chi connectivity index (χ2v) is 6.04. The van der Waals surface area contributed by atoms with Crippen molar-refractivity contribution in [3.8, 4) is 0 Å². The maximum Gasteiger partial charge on any atom is -0.00577 e. The van der Waals surface area contributed by atoms with Crippen LogP contribution in [0.5, 0.6) is 0 Å². The average molecular weight is 228 g/mol. The summed E-state index contributed by atoms with van der Waals surface area (Å²) in [6.07, 6.45) is 1.15. The fourth-order valence-corrected chi connectivity index (χ4v) is 2.77. The van der Waals surface area contributed by atoms with E-state index in [2.05, 4.69) is 53.7 Å². The van der Waals surface area contributed by atoms with Crippen LogP contribution in [0.3, 0.4) is 0 Å². The van der Waals surface area contributed by atoms with Crippen LogP contribution in [0.15, 0.2) is 17.7 Å². The smallest absolute Gasteiger partial charge is 0.00577 e. The summed E-state index contributed by atoms with van der Waals surface area (Å²) in [6.45, 7) is 13.7. The fraction of sp³-hybridized carbons (Fsp3) is 0.529. The summed E-state index contributed by atoms with van der Waals surface area (Å²) in [7, 11) is 0. The van der Waals surface area contributed by atoms with Crippen LogP contribution in [0.25, 0.3) is 5.57 Å². The van der Waals surface area contributed by atoms with E-state index >= 15 is 0 Å². The normalized spacial score (nSPS) is 15.1. The summed E-state index contributed by atoms with van der Waals surface area (Å²) >= 11 is 0. The van der Waals surface area contributed by atoms with Gasteiger partial charge >= 0.3 is 0 Å². The summed E-state index contributed by atoms with van der Waals surface area (Å²) in [5, 5.41) is 0. The van der Waals surface area contributed by atoms with Crippen molar-refractivity contribution >= 4 is 5.57 Å². The molecule has 0 heteroatoms. The van der Waals surface area contributed by atoms with Gasteiger partial charge in [0.15, 0.2) is 0 Å². The van der Waals surface area contributed by atoms with Gasteiger partial charge in [-0.1, -0.05) is 45.4 Å². The molecular weight excluding hydrogens is 204 g/mol. The zero-order valence-electron chi connectivity index (χ0n) is 12.0. The Balaban J connectivity index is 2.64. The van der Waals surface area contributed by atoms with Crippen molar-refractivity contribution in [2.75, 3.05) is 0 Å². The molecule has 0 aliphatic heterocycles. The van der Waals surface area contributed by atoms with E-state index in [0.29, 0.717) is 11.8 Å². The highest BCUT2D eigenvalue weighted by Crippen LogP contribution is 2.39. The molecule has 1 aromatic rings. The maximum atomic E-state index is 2.43. The maximum absolute atomic E-state index is 2.43. The largest absolute Gasteiger partial charge is 0.0654 e. The lowest BCUT2D eigenvalue weighted by molar-refractivity contribution is 0.827. The molecule has 0 heterocycles. The number of fused-ring (bicyclic) bond motifs is 1. The lowest BCUT2D eigenvalue weighted by atomic mass is 9.87. The first kappa shape index (κ1) is 12.4. The Kier molecular flexibility index (Phi) is 3.16. The molecule has 1 aliphatic carbocycles. The number of hydrogen-bond acceptors (Lipinski definition) is 0. The van der Waals surface area contributed by atoms with Gasteiger partial charge < -0.3 is 0 Å². The molecule has 0 atom stereocenters. The Morgan fingerprint density at radius 3 is 2.12 bits per heavy atom. The topological polar surface area (TPSA) is 0 Å². The van der Waals surface area contributed by atoms with Crippen molar-refractivity contribution in [2.24, 2.45) is 0 Å². The molecule has 0 N–H and O–H groups in total. The molecule has 0 nitrogen and oxygen atoms in total. The van der Waals surface area contributed by atoms with E-state index in [1.165, 1.54) is 11.1 Å². The third-order valence-electron chi connectivity index (χ3n) is 4.03. The fourth-order valence-electron chi connectivity index (χ4n) is 2.77. The highest BCUT2D eigenvalue weighted by Gasteiger charge is 2.21. The number of allylic oxidation sites excluding steroid dienone is 2. The van der Waals surface area contributed by atoms with Crippen molar-refractivity contribution in [3.63, 3.8) is 0 Å². The van der Waals surface area contributed by atoms with Crippen molar-refractivity contribution < 1.29 is 0 Å². The highest BCUT2D eigenvalue weighted by molar-refractivity contribution is 5.77. The number of rotatable bonds is 2. The van der Waals surface area contributed by atoms with Crippen LogP contribution in [0.1, 0.15) is 75.6 Å². The Morgan fingerprint density at radius 1 is 0.941 bits per heavy atom. The van der Waals surface area contributed by atoms with E-state index < -0.39 is 0 Å². The second-order valence-electron chi connectivity index (χ2n) is 6.04. The summed E-state index contributed by atoms with van der Waals surface area (Å²) in [4.78, 5) is 0. The SMILES string of the molecule is CC1=C(C)c2c(cc(C(C)C)cc2C(C)C)C1. The van der Waals surface area contributed by atoms with Crippen LogP contribution in [0, 0.1) is 0 Å². The zero-order chi connectivity index (χ0) is 12.7. The summed E-state index contributed by atoms with van der Waals surface area (Å²) in [6, 6.07) is 4.85. The molecule has 0 saturated carbocycles. The van der Waals surface area contributed by atoms with Gasteiger partial charge in [0.05, 0.1) is 0 Å². The van der Waals surface area contributed by atoms with E-state index in [4.69, 9.17) is 0 Å². The van der Waals surface area contributed by atoms with Crippen LogP contribution in [-0.4, -0.2) is 0 Å². The van der Waals surface area contributed by atoms with E-state index in [0.717, 1.165) is 6.42 Å². The summed E-state index contributed by atoms with van der Waals surface area (Å²) in [5.74, 6) is 1.24. The molecule has 0 spiro atoms. The zero-order valence-corrected chi connectivity index (χ0v) is 12.0. The van der Waals surface area contributed by atoms with Crippen LogP contribution < -0.4 is 0 Å². The average Bonchev–Trinajstić information content (AvgIpc) is 2.53. The predicted molar refractivity (Wildman–Crippen MR) is 76.6 cm³/mol. The van der Waals surface area contributed by atoms with E-state index in [9.17, 15) is 0 Å². The monoisotopic (exact) mass is 228 g/mol. The predicted octanol–water partition coefficient (Wildman–Crippen LogP) is 5.28. The molecule has 0 amide bonds. The minimum Gasteiger partial charge on any atom is -0.0654 e. The molecular formula is C17H24. The summed E-state index contributed by atoms with van der Waals surface area (Å²) in [5.41, 5.74) is 9.19. The summed E-state index contributed by atoms with van der Waals surface area (Å²) < 4.78 is 0. The molecule has 92 valence electrons. The van der Waals surface area contributed by atoms with Gasteiger partial charge in [-0.3, -0.25) is 0 Å². The molecule has 0 radical (unpaired) electrons. The van der Waals surface area contributed by atoms with Crippen molar-refractivity contribution in [1.29, 1.82) is 0 Å². The Hall–Kier alpha value is -1.04. The first-order valence-corrected chi connectivity index (χ1v) is 6.75. The van der Waals surface area contributed by atoms with Crippen LogP contribution in [-0.2, 0) is 6.42 Å². The first-order valence-electron chi connectivity index (χ1n) is 6.75. The van der Waals surface area contributed by atoms with Crippen molar-refractivity contribution in [3.05, 3.63) is 40.0 Å². The standard InChI is InChI=1S/C17H24/c1-10(2)14-8-15-7-12(5)13(6)17(15)16(9-14)11(3)4/h8-11H,7H2,1-6H3. The van der Waals surface area contributed by atoms with E-state index in [1.54, 1.807) is 22.3 Å². The Labute approximate surface area is 106 Å². The molecule has 0 aromatic heterocycles. The van der Waals surface area contributed by atoms with Gasteiger partial charge in [0.25, 0.3) is 0 Å². The lowest BCUT2D eigenvalue weighted by Gasteiger charge is -2.17. The van der Waals surface area contributed by atoms with Crippen molar-refractivity contribution in [2.45, 2.75) is 59.8 Å². The molecule has 0 fully saturated rings. The third kappa shape index (κ3) is 2.06. The third-order valence-corrected chi connectivity index (χ3v) is 4.03. The molecule has 1 aliphatic rings. The van der Waals surface area contributed by atoms with Gasteiger partial charge in [0.2, 0.25) is 0 Å². The van der Waals surface area contributed by atoms with Crippen LogP contribution in [0.2, 0.25) is 0 Å². The Bertz CT molecular complexity index is 473. The molecule has 2 rings (SSSR count). The molecule has 17 heavy (non-hydrogen) atoms. The number of hydrogen-bond donors (Lipinski definition) is 0. The van der Waals surface area contributed by atoms with Crippen LogP contribution >= 0.6 is 0 Å². The molecule has 0 saturated heterocycles. The van der Waals surface area contributed by atoms with Gasteiger partial charge in [-0.25, -0.2) is 0 Å². The van der Waals surface area contributed by atoms with Gasteiger partial charge in [-0.15, -0.1) is 0 Å². The van der Waals surface area contributed by atoms with Crippen molar-refractivity contribution in [1.82, 2.24) is 0 Å².